The summed E-state index contributed by atoms with van der Waals surface area (Å²) < 4.78 is 7.79. The Balaban J connectivity index is 1.26. The molecule has 0 aromatic carbocycles. The predicted octanol–water partition coefficient (Wildman–Crippen LogP) is 2.90. The Morgan fingerprint density at radius 3 is 2.90 bits per heavy atom. The zero-order valence-corrected chi connectivity index (χ0v) is 12.4. The van der Waals surface area contributed by atoms with Gasteiger partial charge in [0, 0.05) is 26.0 Å². The van der Waals surface area contributed by atoms with Crippen molar-refractivity contribution in [3.63, 3.8) is 0 Å². The van der Waals surface area contributed by atoms with E-state index in [1.165, 1.54) is 38.5 Å². The first-order chi connectivity index (χ1) is 9.92. The van der Waals surface area contributed by atoms with Crippen LogP contribution in [0, 0.1) is 5.92 Å². The van der Waals surface area contributed by atoms with Gasteiger partial charge < -0.3 is 10.1 Å². The van der Waals surface area contributed by atoms with Crippen LogP contribution in [0.15, 0.2) is 12.3 Å². The molecule has 0 radical (unpaired) electrons. The SMILES string of the molecule is c1cn(C2CCCC2)nc1CNCCCOCC1CC1. The highest BCUT2D eigenvalue weighted by atomic mass is 16.5. The molecule has 0 spiro atoms. The van der Waals surface area contributed by atoms with E-state index in [0.717, 1.165) is 44.3 Å². The fourth-order valence-corrected chi connectivity index (χ4v) is 2.89. The third-order valence-corrected chi connectivity index (χ3v) is 4.36. The minimum Gasteiger partial charge on any atom is -0.381 e. The number of ether oxygens (including phenoxy) is 1. The predicted molar refractivity (Wildman–Crippen MR) is 79.6 cm³/mol. The normalized spacial score (nSPS) is 19.8. The van der Waals surface area contributed by atoms with Crippen molar-refractivity contribution in [3.05, 3.63) is 18.0 Å². The highest BCUT2D eigenvalue weighted by Gasteiger charge is 2.20. The van der Waals surface area contributed by atoms with Crippen molar-refractivity contribution in [1.29, 1.82) is 0 Å². The molecule has 0 saturated heterocycles. The minimum atomic E-state index is 0.652. The minimum absolute atomic E-state index is 0.652. The molecule has 2 saturated carbocycles. The first-order valence-corrected chi connectivity index (χ1v) is 8.24. The average molecular weight is 277 g/mol. The van der Waals surface area contributed by atoms with E-state index in [1.54, 1.807) is 0 Å². The fraction of sp³-hybridized carbons (Fsp3) is 0.812. The van der Waals surface area contributed by atoms with Gasteiger partial charge in [0.15, 0.2) is 0 Å². The summed E-state index contributed by atoms with van der Waals surface area (Å²) >= 11 is 0. The Bertz CT molecular complexity index is 394. The van der Waals surface area contributed by atoms with Gasteiger partial charge >= 0.3 is 0 Å². The summed E-state index contributed by atoms with van der Waals surface area (Å²) in [4.78, 5) is 0. The standard InChI is InChI=1S/C16H27N3O/c1-2-5-16(4-1)19-10-8-15(18-19)12-17-9-3-11-20-13-14-6-7-14/h8,10,14,16-17H,1-7,9,11-13H2. The fourth-order valence-electron chi connectivity index (χ4n) is 2.89. The van der Waals surface area contributed by atoms with Crippen LogP contribution in [-0.2, 0) is 11.3 Å². The molecule has 0 aliphatic heterocycles. The molecule has 4 heteroatoms. The molecule has 0 unspecified atom stereocenters. The Morgan fingerprint density at radius 2 is 2.10 bits per heavy atom. The van der Waals surface area contributed by atoms with Crippen LogP contribution < -0.4 is 5.32 Å². The van der Waals surface area contributed by atoms with Crippen molar-refractivity contribution in [2.45, 2.75) is 57.5 Å². The van der Waals surface area contributed by atoms with Crippen molar-refractivity contribution in [3.8, 4) is 0 Å². The Kier molecular flexibility index (Phi) is 5.09. The Labute approximate surface area is 121 Å². The van der Waals surface area contributed by atoms with Crippen LogP contribution in [0.3, 0.4) is 0 Å². The van der Waals surface area contributed by atoms with Gasteiger partial charge in [0.05, 0.1) is 11.7 Å². The molecule has 20 heavy (non-hydrogen) atoms. The lowest BCUT2D eigenvalue weighted by Crippen LogP contribution is -2.17. The van der Waals surface area contributed by atoms with Gasteiger partial charge in [-0.1, -0.05) is 12.8 Å². The summed E-state index contributed by atoms with van der Waals surface area (Å²) in [5, 5.41) is 8.13. The first-order valence-electron chi connectivity index (χ1n) is 8.24. The molecule has 3 rings (SSSR count). The summed E-state index contributed by atoms with van der Waals surface area (Å²) in [6.45, 7) is 3.76. The molecule has 2 aliphatic rings. The smallest absolute Gasteiger partial charge is 0.0762 e. The summed E-state index contributed by atoms with van der Waals surface area (Å²) in [6.07, 6.45) is 11.3. The van der Waals surface area contributed by atoms with Crippen LogP contribution in [0.5, 0.6) is 0 Å². The second kappa shape index (κ2) is 7.23. The molecule has 4 nitrogen and oxygen atoms in total. The van der Waals surface area contributed by atoms with E-state index in [9.17, 15) is 0 Å². The van der Waals surface area contributed by atoms with Crippen LogP contribution >= 0.6 is 0 Å². The summed E-state index contributed by atoms with van der Waals surface area (Å²) in [5.74, 6) is 0.877. The first kappa shape index (κ1) is 14.1. The van der Waals surface area contributed by atoms with Crippen LogP contribution in [0.4, 0.5) is 0 Å². The van der Waals surface area contributed by atoms with Crippen LogP contribution in [0.2, 0.25) is 0 Å². The molecule has 1 aromatic rings. The number of nitrogens with zero attached hydrogens (tertiary/aromatic N) is 2. The lowest BCUT2D eigenvalue weighted by atomic mass is 10.3. The molecule has 0 amide bonds. The van der Waals surface area contributed by atoms with Gasteiger partial charge in [0.1, 0.15) is 0 Å². The molecule has 0 atom stereocenters. The van der Waals surface area contributed by atoms with Gasteiger partial charge in [-0.25, -0.2) is 0 Å². The topological polar surface area (TPSA) is 39.1 Å². The number of nitrogens with one attached hydrogen (secondary N) is 1. The molecule has 2 fully saturated rings. The van der Waals surface area contributed by atoms with Gasteiger partial charge in [0.2, 0.25) is 0 Å². The second-order valence-corrected chi connectivity index (χ2v) is 6.27. The zero-order chi connectivity index (χ0) is 13.6. The van der Waals surface area contributed by atoms with E-state index in [-0.39, 0.29) is 0 Å². The van der Waals surface area contributed by atoms with Crippen molar-refractivity contribution in [2.75, 3.05) is 19.8 Å². The molecule has 0 bridgehead atoms. The summed E-state index contributed by atoms with van der Waals surface area (Å²) in [6, 6.07) is 2.80. The van der Waals surface area contributed by atoms with E-state index in [4.69, 9.17) is 4.74 Å². The summed E-state index contributed by atoms with van der Waals surface area (Å²) in [7, 11) is 0. The lowest BCUT2D eigenvalue weighted by molar-refractivity contribution is 0.122. The Morgan fingerprint density at radius 1 is 1.25 bits per heavy atom. The quantitative estimate of drug-likeness (QED) is 0.705. The van der Waals surface area contributed by atoms with Gasteiger partial charge in [-0.2, -0.15) is 5.10 Å². The zero-order valence-electron chi connectivity index (χ0n) is 12.4. The van der Waals surface area contributed by atoms with Gasteiger partial charge in [-0.3, -0.25) is 4.68 Å². The van der Waals surface area contributed by atoms with Crippen molar-refractivity contribution in [2.24, 2.45) is 5.92 Å². The maximum Gasteiger partial charge on any atom is 0.0762 e. The van der Waals surface area contributed by atoms with Crippen molar-refractivity contribution >= 4 is 0 Å². The molecule has 1 aromatic heterocycles. The van der Waals surface area contributed by atoms with E-state index >= 15 is 0 Å². The number of hydrogen-bond donors (Lipinski definition) is 1. The van der Waals surface area contributed by atoms with E-state index in [1.807, 2.05) is 0 Å². The van der Waals surface area contributed by atoms with E-state index in [0.29, 0.717) is 6.04 Å². The second-order valence-electron chi connectivity index (χ2n) is 6.27. The Hall–Kier alpha value is -0.870. The van der Waals surface area contributed by atoms with Gasteiger partial charge in [-0.15, -0.1) is 0 Å². The molecule has 1 heterocycles. The van der Waals surface area contributed by atoms with Crippen molar-refractivity contribution < 1.29 is 4.74 Å². The molecular formula is C16H27N3O. The monoisotopic (exact) mass is 277 g/mol. The molecule has 1 N–H and O–H groups in total. The summed E-state index contributed by atoms with van der Waals surface area (Å²) in [5.41, 5.74) is 1.16. The van der Waals surface area contributed by atoms with Crippen LogP contribution in [-0.4, -0.2) is 29.5 Å². The maximum absolute atomic E-state index is 5.62. The maximum atomic E-state index is 5.62. The van der Waals surface area contributed by atoms with Crippen LogP contribution in [0.25, 0.3) is 0 Å². The number of hydrogen-bond acceptors (Lipinski definition) is 3. The van der Waals surface area contributed by atoms with E-state index < -0.39 is 0 Å². The van der Waals surface area contributed by atoms with Gasteiger partial charge in [0.25, 0.3) is 0 Å². The van der Waals surface area contributed by atoms with Crippen molar-refractivity contribution in [1.82, 2.24) is 15.1 Å². The highest BCUT2D eigenvalue weighted by molar-refractivity contribution is 4.99. The van der Waals surface area contributed by atoms with Gasteiger partial charge in [-0.05, 0) is 50.6 Å². The third kappa shape index (κ3) is 4.32. The average Bonchev–Trinajstić information content (AvgIpc) is 2.94. The van der Waals surface area contributed by atoms with E-state index in [2.05, 4.69) is 27.4 Å². The molecular weight excluding hydrogens is 250 g/mol. The molecule has 112 valence electrons. The lowest BCUT2D eigenvalue weighted by Gasteiger charge is -2.09. The largest absolute Gasteiger partial charge is 0.381 e. The van der Waals surface area contributed by atoms with Crippen LogP contribution in [0.1, 0.15) is 56.7 Å². The number of aromatic nitrogens is 2. The molecule has 2 aliphatic carbocycles. The number of rotatable bonds is 9. The highest BCUT2D eigenvalue weighted by Crippen LogP contribution is 2.29. The third-order valence-electron chi connectivity index (χ3n) is 4.36.